The van der Waals surface area contributed by atoms with Crippen molar-refractivity contribution < 1.29 is 14.7 Å². The molecule has 1 amide bonds. The molecule has 112 valence electrons. The molecule has 2 aliphatic rings. The number of amides is 1. The van der Waals surface area contributed by atoms with Gasteiger partial charge in [-0.05, 0) is 43.4 Å². The molecule has 1 atom stereocenters. The van der Waals surface area contributed by atoms with Crippen molar-refractivity contribution in [2.45, 2.75) is 38.0 Å². The highest BCUT2D eigenvalue weighted by atomic mass is 16.4. The van der Waals surface area contributed by atoms with Gasteiger partial charge in [0.05, 0.1) is 5.56 Å². The minimum absolute atomic E-state index is 0.262. The number of nitrogens with zero attached hydrogens (tertiary/aromatic N) is 1. The zero-order valence-corrected chi connectivity index (χ0v) is 12.1. The van der Waals surface area contributed by atoms with Crippen molar-refractivity contribution >= 4 is 11.9 Å². The summed E-state index contributed by atoms with van der Waals surface area (Å²) in [6.07, 6.45) is 5.38. The highest BCUT2D eigenvalue weighted by Crippen LogP contribution is 2.32. The van der Waals surface area contributed by atoms with Crippen LogP contribution in [0, 0.1) is 5.92 Å². The van der Waals surface area contributed by atoms with Gasteiger partial charge < -0.3 is 10.0 Å². The number of hydrogen-bond donors (Lipinski definition) is 1. The smallest absolute Gasteiger partial charge is 0.335 e. The Labute approximate surface area is 124 Å². The van der Waals surface area contributed by atoms with Gasteiger partial charge in [0.15, 0.2) is 0 Å². The Kier molecular flexibility index (Phi) is 3.95. The molecule has 1 saturated carbocycles. The first kappa shape index (κ1) is 14.1. The lowest BCUT2D eigenvalue weighted by Gasteiger charge is -2.37. The van der Waals surface area contributed by atoms with Crippen LogP contribution in [0.5, 0.6) is 0 Å². The fourth-order valence-electron chi connectivity index (χ4n) is 3.26. The Bertz CT molecular complexity index is 533. The van der Waals surface area contributed by atoms with Crippen LogP contribution in [0.15, 0.2) is 24.3 Å². The molecule has 0 unspecified atom stereocenters. The summed E-state index contributed by atoms with van der Waals surface area (Å²) in [5.74, 6) is 0.0313. The Morgan fingerprint density at radius 3 is 2.33 bits per heavy atom. The zero-order valence-electron chi connectivity index (χ0n) is 12.1. The van der Waals surface area contributed by atoms with Crippen LogP contribution in [0.3, 0.4) is 0 Å². The molecule has 1 heterocycles. The lowest BCUT2D eigenvalue weighted by atomic mass is 9.83. The predicted molar refractivity (Wildman–Crippen MR) is 79.3 cm³/mol. The molecule has 21 heavy (non-hydrogen) atoms. The van der Waals surface area contributed by atoms with Crippen LogP contribution in [-0.4, -0.2) is 35.0 Å². The first-order valence-corrected chi connectivity index (χ1v) is 7.77. The monoisotopic (exact) mass is 287 g/mol. The fraction of sp³-hybridized carbons (Fsp3) is 0.529. The second-order valence-corrected chi connectivity index (χ2v) is 6.18. The van der Waals surface area contributed by atoms with Crippen LogP contribution in [-0.2, 0) is 4.79 Å². The summed E-state index contributed by atoms with van der Waals surface area (Å²) in [6.45, 7) is 1.65. The Hall–Kier alpha value is -1.84. The van der Waals surface area contributed by atoms with Crippen molar-refractivity contribution in [3.05, 3.63) is 35.4 Å². The number of carbonyl (C=O) groups excluding carboxylic acids is 1. The van der Waals surface area contributed by atoms with Crippen LogP contribution in [0.4, 0.5) is 0 Å². The number of benzene rings is 1. The van der Waals surface area contributed by atoms with E-state index in [0.717, 1.165) is 44.3 Å². The number of likely N-dealkylation sites (tertiary alicyclic amines) is 1. The van der Waals surface area contributed by atoms with Crippen LogP contribution >= 0.6 is 0 Å². The Balaban J connectivity index is 1.67. The van der Waals surface area contributed by atoms with Crippen molar-refractivity contribution in [1.29, 1.82) is 0 Å². The van der Waals surface area contributed by atoms with Gasteiger partial charge in [0.1, 0.15) is 0 Å². The molecule has 1 aliphatic heterocycles. The quantitative estimate of drug-likeness (QED) is 0.930. The summed E-state index contributed by atoms with van der Waals surface area (Å²) in [5, 5.41) is 8.94. The van der Waals surface area contributed by atoms with Gasteiger partial charge in [0, 0.05) is 24.9 Å². The summed E-state index contributed by atoms with van der Waals surface area (Å²) in [4.78, 5) is 25.3. The Morgan fingerprint density at radius 2 is 1.76 bits per heavy atom. The molecule has 3 rings (SSSR count). The number of carboxylic acid groups (broad SMARTS) is 1. The number of piperidine rings is 1. The van der Waals surface area contributed by atoms with Gasteiger partial charge in [-0.15, -0.1) is 0 Å². The van der Waals surface area contributed by atoms with Gasteiger partial charge in [-0.25, -0.2) is 4.79 Å². The summed E-state index contributed by atoms with van der Waals surface area (Å²) in [5.41, 5.74) is 1.46. The normalized spacial score (nSPS) is 22.7. The van der Waals surface area contributed by atoms with Gasteiger partial charge in [-0.1, -0.05) is 18.6 Å². The average molecular weight is 287 g/mol. The van der Waals surface area contributed by atoms with Crippen molar-refractivity contribution in [1.82, 2.24) is 4.90 Å². The molecule has 0 bridgehead atoms. The number of aromatic carboxylic acids is 1. The lowest BCUT2D eigenvalue weighted by Crippen LogP contribution is -2.44. The van der Waals surface area contributed by atoms with Crippen molar-refractivity contribution in [3.63, 3.8) is 0 Å². The molecule has 2 fully saturated rings. The number of hydrogen-bond acceptors (Lipinski definition) is 2. The molecule has 1 aliphatic carbocycles. The molecule has 1 saturated heterocycles. The summed E-state index contributed by atoms with van der Waals surface area (Å²) < 4.78 is 0. The topological polar surface area (TPSA) is 57.6 Å². The molecule has 0 spiro atoms. The molecule has 1 aromatic carbocycles. The maximum Gasteiger partial charge on any atom is 0.335 e. The van der Waals surface area contributed by atoms with E-state index in [1.54, 1.807) is 12.1 Å². The van der Waals surface area contributed by atoms with Crippen molar-refractivity contribution in [2.75, 3.05) is 13.1 Å². The van der Waals surface area contributed by atoms with E-state index in [2.05, 4.69) is 0 Å². The summed E-state index contributed by atoms with van der Waals surface area (Å²) in [7, 11) is 0. The molecule has 4 nitrogen and oxygen atoms in total. The summed E-state index contributed by atoms with van der Waals surface area (Å²) in [6, 6.07) is 7.10. The third-order valence-corrected chi connectivity index (χ3v) is 4.82. The van der Waals surface area contributed by atoms with Crippen LogP contribution in [0.25, 0.3) is 0 Å². The van der Waals surface area contributed by atoms with Gasteiger partial charge in [0.2, 0.25) is 5.91 Å². The number of rotatable bonds is 3. The minimum Gasteiger partial charge on any atom is -0.478 e. The average Bonchev–Trinajstić information content (AvgIpc) is 2.45. The first-order valence-electron chi connectivity index (χ1n) is 7.77. The highest BCUT2D eigenvalue weighted by Gasteiger charge is 2.32. The molecule has 0 aromatic heterocycles. The van der Waals surface area contributed by atoms with Gasteiger partial charge in [-0.3, -0.25) is 4.79 Å². The third-order valence-electron chi connectivity index (χ3n) is 4.82. The van der Waals surface area contributed by atoms with E-state index >= 15 is 0 Å². The maximum atomic E-state index is 12.3. The standard InChI is InChI=1S/C17H21NO3/c19-16(13-3-1-4-13)18-10-2-5-15(11-18)12-6-8-14(9-7-12)17(20)21/h6-9,13,15H,1-5,10-11H2,(H,20,21)/t15-/m1/s1. The van der Waals surface area contributed by atoms with E-state index in [1.807, 2.05) is 17.0 Å². The van der Waals surface area contributed by atoms with E-state index in [9.17, 15) is 9.59 Å². The van der Waals surface area contributed by atoms with Gasteiger partial charge >= 0.3 is 5.97 Å². The fourth-order valence-corrected chi connectivity index (χ4v) is 3.26. The summed E-state index contributed by atoms with van der Waals surface area (Å²) >= 11 is 0. The lowest BCUT2D eigenvalue weighted by molar-refractivity contribution is -0.139. The van der Waals surface area contributed by atoms with E-state index in [4.69, 9.17) is 5.11 Å². The van der Waals surface area contributed by atoms with Crippen molar-refractivity contribution in [3.8, 4) is 0 Å². The molecule has 1 N–H and O–H groups in total. The van der Waals surface area contributed by atoms with Crippen LogP contribution in [0.1, 0.15) is 53.9 Å². The van der Waals surface area contributed by atoms with Crippen LogP contribution < -0.4 is 0 Å². The second-order valence-electron chi connectivity index (χ2n) is 6.18. The van der Waals surface area contributed by atoms with Gasteiger partial charge in [0.25, 0.3) is 0 Å². The van der Waals surface area contributed by atoms with E-state index in [-0.39, 0.29) is 5.92 Å². The van der Waals surface area contributed by atoms with Crippen LogP contribution in [0.2, 0.25) is 0 Å². The highest BCUT2D eigenvalue weighted by molar-refractivity contribution is 5.87. The second kappa shape index (κ2) is 5.88. The van der Waals surface area contributed by atoms with Gasteiger partial charge in [-0.2, -0.15) is 0 Å². The molecule has 4 heteroatoms. The number of carbonyl (C=O) groups is 2. The third kappa shape index (κ3) is 2.94. The number of carboxylic acids is 1. The first-order chi connectivity index (χ1) is 10.1. The molecular formula is C17H21NO3. The van der Waals surface area contributed by atoms with E-state index in [1.165, 1.54) is 6.42 Å². The van der Waals surface area contributed by atoms with Crippen molar-refractivity contribution in [2.24, 2.45) is 5.92 Å². The largest absolute Gasteiger partial charge is 0.478 e. The molecular weight excluding hydrogens is 266 g/mol. The molecule has 1 aromatic rings. The maximum absolute atomic E-state index is 12.3. The predicted octanol–water partition coefficient (Wildman–Crippen LogP) is 2.89. The Morgan fingerprint density at radius 1 is 1.05 bits per heavy atom. The van der Waals surface area contributed by atoms with E-state index < -0.39 is 5.97 Å². The molecule has 0 radical (unpaired) electrons. The van der Waals surface area contributed by atoms with E-state index in [0.29, 0.717) is 17.4 Å². The zero-order chi connectivity index (χ0) is 14.8. The SMILES string of the molecule is O=C(O)c1ccc([C@@H]2CCCN(C(=O)C3CCC3)C2)cc1. The minimum atomic E-state index is -0.896.